The van der Waals surface area contributed by atoms with Crippen LogP contribution in [0.15, 0.2) is 75.0 Å². The number of nitrogens with one attached hydrogen (secondary N) is 1. The highest BCUT2D eigenvalue weighted by molar-refractivity contribution is 6.32. The Kier molecular flexibility index (Phi) is 6.19. The lowest BCUT2D eigenvalue weighted by Gasteiger charge is -2.21. The van der Waals surface area contributed by atoms with Crippen LogP contribution in [-0.4, -0.2) is 36.6 Å². The normalized spacial score (nSPS) is 15.3. The highest BCUT2D eigenvalue weighted by atomic mass is 16.5. The summed E-state index contributed by atoms with van der Waals surface area (Å²) in [6, 6.07) is 10.6. The number of hydrogen-bond acceptors (Lipinski definition) is 8. The summed E-state index contributed by atoms with van der Waals surface area (Å²) in [5, 5.41) is 3.12. The first-order chi connectivity index (χ1) is 18.6. The lowest BCUT2D eigenvalue weighted by atomic mass is 10.1. The van der Waals surface area contributed by atoms with E-state index in [0.29, 0.717) is 16.7 Å². The van der Waals surface area contributed by atoms with E-state index in [4.69, 9.17) is 9.15 Å². The second-order valence-corrected chi connectivity index (χ2v) is 9.00. The van der Waals surface area contributed by atoms with Crippen molar-refractivity contribution in [3.63, 3.8) is 0 Å². The maximum absolute atomic E-state index is 12.9. The number of carbonyl (C=O) groups excluding carboxylic acids is 5. The van der Waals surface area contributed by atoms with Gasteiger partial charge in [0.2, 0.25) is 0 Å². The van der Waals surface area contributed by atoms with Crippen molar-refractivity contribution in [1.29, 1.82) is 0 Å². The average Bonchev–Trinajstić information content (AvgIpc) is 3.31. The van der Waals surface area contributed by atoms with Crippen molar-refractivity contribution >= 4 is 51.9 Å². The summed E-state index contributed by atoms with van der Waals surface area (Å²) in [6.07, 6.45) is 2.37. The van der Waals surface area contributed by atoms with E-state index in [1.54, 1.807) is 12.1 Å². The van der Waals surface area contributed by atoms with E-state index >= 15 is 0 Å². The summed E-state index contributed by atoms with van der Waals surface area (Å²) in [5.74, 6) is -2.51. The van der Waals surface area contributed by atoms with E-state index < -0.39 is 35.2 Å². The predicted molar refractivity (Wildman–Crippen MR) is 139 cm³/mol. The SMILES string of the molecule is COc1ccc2cc(C(=O)NCc3cc(N4C(=O)C=C(C)C4=O)cc(N4C(=O)C=C(C)C4=O)c3)c(=O)oc2c1. The number of nitrogens with zero attached hydrogens (tertiary/aromatic N) is 2. The minimum absolute atomic E-state index is 0.115. The summed E-state index contributed by atoms with van der Waals surface area (Å²) >= 11 is 0. The molecule has 5 amide bonds. The Hall–Kier alpha value is -5.32. The Balaban J connectivity index is 1.47. The van der Waals surface area contributed by atoms with E-state index in [0.717, 1.165) is 9.80 Å². The van der Waals surface area contributed by atoms with Gasteiger partial charge in [-0.05, 0) is 55.8 Å². The lowest BCUT2D eigenvalue weighted by Crippen LogP contribution is -2.33. The van der Waals surface area contributed by atoms with Crippen LogP contribution in [0.25, 0.3) is 11.0 Å². The third-order valence-electron chi connectivity index (χ3n) is 6.32. The number of imide groups is 2. The van der Waals surface area contributed by atoms with Gasteiger partial charge in [0.25, 0.3) is 29.5 Å². The monoisotopic (exact) mass is 527 g/mol. The molecule has 0 saturated heterocycles. The van der Waals surface area contributed by atoms with Crippen molar-refractivity contribution in [2.24, 2.45) is 0 Å². The molecule has 0 unspecified atom stereocenters. The van der Waals surface area contributed by atoms with Gasteiger partial charge in [0.15, 0.2) is 0 Å². The minimum atomic E-state index is -0.854. The van der Waals surface area contributed by atoms with Gasteiger partial charge in [-0.25, -0.2) is 14.6 Å². The van der Waals surface area contributed by atoms with Gasteiger partial charge in [-0.3, -0.25) is 24.0 Å². The van der Waals surface area contributed by atoms with Crippen molar-refractivity contribution in [3.8, 4) is 5.75 Å². The third kappa shape index (κ3) is 4.50. The number of benzene rings is 2. The van der Waals surface area contributed by atoms with Crippen LogP contribution in [0.3, 0.4) is 0 Å². The first-order valence-electron chi connectivity index (χ1n) is 11.7. The highest BCUT2D eigenvalue weighted by Crippen LogP contribution is 2.31. The van der Waals surface area contributed by atoms with Gasteiger partial charge in [0.1, 0.15) is 16.9 Å². The summed E-state index contributed by atoms with van der Waals surface area (Å²) in [5.41, 5.74) is 0.208. The van der Waals surface area contributed by atoms with Crippen molar-refractivity contribution in [2.45, 2.75) is 20.4 Å². The van der Waals surface area contributed by atoms with Gasteiger partial charge >= 0.3 is 5.63 Å². The van der Waals surface area contributed by atoms with Gasteiger partial charge in [-0.1, -0.05) is 0 Å². The molecule has 2 aliphatic rings. The number of rotatable bonds is 6. The number of ether oxygens (including phenoxy) is 1. The Morgan fingerprint density at radius 2 is 1.44 bits per heavy atom. The van der Waals surface area contributed by atoms with Crippen LogP contribution >= 0.6 is 0 Å². The summed E-state index contributed by atoms with van der Waals surface area (Å²) < 4.78 is 10.4. The average molecular weight is 527 g/mol. The van der Waals surface area contributed by atoms with Gasteiger partial charge < -0.3 is 14.5 Å². The molecule has 0 atom stereocenters. The molecule has 196 valence electrons. The lowest BCUT2D eigenvalue weighted by molar-refractivity contribution is -0.121. The topological polar surface area (TPSA) is 143 Å². The maximum atomic E-state index is 12.9. The largest absolute Gasteiger partial charge is 0.497 e. The third-order valence-corrected chi connectivity index (χ3v) is 6.32. The van der Waals surface area contributed by atoms with E-state index in [1.165, 1.54) is 63.4 Å². The molecule has 0 bridgehead atoms. The maximum Gasteiger partial charge on any atom is 0.349 e. The van der Waals surface area contributed by atoms with Crippen LogP contribution in [0.5, 0.6) is 5.75 Å². The highest BCUT2D eigenvalue weighted by Gasteiger charge is 2.33. The minimum Gasteiger partial charge on any atom is -0.497 e. The second-order valence-electron chi connectivity index (χ2n) is 9.00. The van der Waals surface area contributed by atoms with Crippen LogP contribution in [-0.2, 0) is 25.7 Å². The number of amides is 5. The Bertz CT molecular complexity index is 1680. The molecule has 11 nitrogen and oxygen atoms in total. The van der Waals surface area contributed by atoms with Crippen molar-refractivity contribution < 1.29 is 33.1 Å². The fourth-order valence-corrected chi connectivity index (χ4v) is 4.34. The predicted octanol–water partition coefficient (Wildman–Crippen LogP) is 2.37. The molecule has 3 aromatic rings. The Labute approximate surface area is 220 Å². The molecule has 5 rings (SSSR count). The Morgan fingerprint density at radius 3 is 1.95 bits per heavy atom. The fourth-order valence-electron chi connectivity index (χ4n) is 4.34. The number of fused-ring (bicyclic) bond motifs is 1. The molecule has 3 heterocycles. The number of anilines is 2. The van der Waals surface area contributed by atoms with Crippen molar-refractivity contribution in [3.05, 3.63) is 87.3 Å². The van der Waals surface area contributed by atoms with Gasteiger partial charge in [-0.15, -0.1) is 0 Å². The van der Waals surface area contributed by atoms with Crippen LogP contribution in [0.2, 0.25) is 0 Å². The molecule has 0 saturated carbocycles. The zero-order valence-corrected chi connectivity index (χ0v) is 21.1. The summed E-state index contributed by atoms with van der Waals surface area (Å²) in [7, 11) is 1.47. The fraction of sp³-hybridized carbons (Fsp3) is 0.143. The van der Waals surface area contributed by atoms with E-state index in [-0.39, 0.29) is 40.2 Å². The van der Waals surface area contributed by atoms with Crippen LogP contribution in [0.1, 0.15) is 29.8 Å². The molecule has 11 heteroatoms. The zero-order chi connectivity index (χ0) is 28.0. The van der Waals surface area contributed by atoms with Gasteiger partial charge in [-0.2, -0.15) is 0 Å². The molecule has 2 aromatic carbocycles. The van der Waals surface area contributed by atoms with E-state index in [9.17, 15) is 28.8 Å². The van der Waals surface area contributed by atoms with E-state index in [1.807, 2.05) is 0 Å². The number of hydrogen-bond donors (Lipinski definition) is 1. The number of methoxy groups -OCH3 is 1. The first kappa shape index (κ1) is 25.3. The van der Waals surface area contributed by atoms with Crippen LogP contribution in [0, 0.1) is 0 Å². The molecule has 0 fully saturated rings. The molecular formula is C28H21N3O8. The standard InChI is InChI=1S/C28H21N3O8/c1-14-6-23(32)30(26(14)35)18-8-16(9-19(11-18)31-24(33)7-15(2)27(31)36)13-29-25(34)21-10-17-4-5-20(38-3)12-22(17)39-28(21)37/h4-12H,13H2,1-3H3,(H,29,34). The molecule has 39 heavy (non-hydrogen) atoms. The molecular weight excluding hydrogens is 506 g/mol. The van der Waals surface area contributed by atoms with Gasteiger partial charge in [0, 0.05) is 41.3 Å². The molecule has 1 aromatic heterocycles. The quantitative estimate of drug-likeness (QED) is 0.380. The molecule has 0 spiro atoms. The van der Waals surface area contributed by atoms with E-state index in [2.05, 4.69) is 5.32 Å². The van der Waals surface area contributed by atoms with Crippen molar-refractivity contribution in [2.75, 3.05) is 16.9 Å². The number of carbonyl (C=O) groups is 5. The van der Waals surface area contributed by atoms with Gasteiger partial charge in [0.05, 0.1) is 18.5 Å². The molecule has 0 radical (unpaired) electrons. The van der Waals surface area contributed by atoms with Crippen molar-refractivity contribution in [1.82, 2.24) is 5.32 Å². The second kappa shape index (κ2) is 9.53. The first-order valence-corrected chi connectivity index (χ1v) is 11.7. The van der Waals surface area contributed by atoms with Crippen LogP contribution < -0.4 is 25.5 Å². The molecule has 2 aliphatic heterocycles. The summed E-state index contributed by atoms with van der Waals surface area (Å²) in [4.78, 5) is 77.5. The Morgan fingerprint density at radius 1 is 0.846 bits per heavy atom. The smallest absolute Gasteiger partial charge is 0.349 e. The molecule has 1 N–H and O–H groups in total. The van der Waals surface area contributed by atoms with Crippen LogP contribution in [0.4, 0.5) is 11.4 Å². The molecule has 0 aliphatic carbocycles. The zero-order valence-electron chi connectivity index (χ0n) is 21.1. The summed E-state index contributed by atoms with van der Waals surface area (Å²) in [6.45, 7) is 2.83.